The molecule has 0 saturated carbocycles. The molecule has 0 unspecified atom stereocenters. The number of aliphatic hydroxyl groups excluding tert-OH is 1. The Morgan fingerprint density at radius 3 is 2.60 bits per heavy atom. The maximum Gasteiger partial charge on any atom is 0.0462 e. The van der Waals surface area contributed by atoms with Gasteiger partial charge in [0.25, 0.3) is 0 Å². The molecule has 10 heavy (non-hydrogen) atoms. The Balaban J connectivity index is 3.09. The van der Waals surface area contributed by atoms with Gasteiger partial charge in [-0.3, -0.25) is 0 Å². The van der Waals surface area contributed by atoms with Crippen molar-refractivity contribution in [2.45, 2.75) is 26.2 Å². The lowest BCUT2D eigenvalue weighted by atomic mass is 10.0. The Morgan fingerprint density at radius 2 is 2.20 bits per heavy atom. The predicted molar refractivity (Wildman–Crippen MR) is 42.0 cm³/mol. The summed E-state index contributed by atoms with van der Waals surface area (Å²) in [7, 11) is 1.71. The van der Waals surface area contributed by atoms with Gasteiger partial charge in [0.15, 0.2) is 0 Å². The van der Waals surface area contributed by atoms with Crippen molar-refractivity contribution in [3.63, 3.8) is 0 Å². The molecule has 0 radical (unpaired) electrons. The van der Waals surface area contributed by atoms with Crippen molar-refractivity contribution in [3.8, 4) is 0 Å². The molecular formula is C8H18O2. The summed E-state index contributed by atoms with van der Waals surface area (Å²) >= 11 is 0. The summed E-state index contributed by atoms with van der Waals surface area (Å²) in [6, 6.07) is 0. The van der Waals surface area contributed by atoms with Crippen LogP contribution in [0.4, 0.5) is 0 Å². The molecule has 0 aliphatic rings. The molecule has 2 nitrogen and oxygen atoms in total. The van der Waals surface area contributed by atoms with E-state index in [9.17, 15) is 0 Å². The standard InChI is InChI=1S/C8H18O2/c1-3-8(7-9)5-4-6-10-2/h8-9H,3-7H2,1-2H3/t8-/m1/s1. The van der Waals surface area contributed by atoms with Gasteiger partial charge in [0, 0.05) is 20.3 Å². The molecule has 1 atom stereocenters. The van der Waals surface area contributed by atoms with Crippen LogP contribution < -0.4 is 0 Å². The summed E-state index contributed by atoms with van der Waals surface area (Å²) in [5, 5.41) is 8.78. The summed E-state index contributed by atoms with van der Waals surface area (Å²) < 4.78 is 4.90. The van der Waals surface area contributed by atoms with E-state index in [-0.39, 0.29) is 0 Å². The van der Waals surface area contributed by atoms with Crippen LogP contribution in [0.2, 0.25) is 0 Å². The molecule has 0 spiro atoms. The Hall–Kier alpha value is -0.0800. The fourth-order valence-electron chi connectivity index (χ4n) is 0.941. The maximum atomic E-state index is 8.78. The number of aliphatic hydroxyl groups is 1. The van der Waals surface area contributed by atoms with Crippen LogP contribution in [0.15, 0.2) is 0 Å². The molecule has 0 amide bonds. The average Bonchev–Trinajstić information content (AvgIpc) is 1.99. The highest BCUT2D eigenvalue weighted by Crippen LogP contribution is 2.08. The van der Waals surface area contributed by atoms with Crippen molar-refractivity contribution in [3.05, 3.63) is 0 Å². The zero-order valence-electron chi connectivity index (χ0n) is 6.97. The van der Waals surface area contributed by atoms with Crippen molar-refractivity contribution in [1.29, 1.82) is 0 Å². The first-order chi connectivity index (χ1) is 4.85. The van der Waals surface area contributed by atoms with Gasteiger partial charge in [0.2, 0.25) is 0 Å². The quantitative estimate of drug-likeness (QED) is 0.574. The Kier molecular flexibility index (Phi) is 6.98. The van der Waals surface area contributed by atoms with E-state index in [4.69, 9.17) is 9.84 Å². The molecule has 2 heteroatoms. The van der Waals surface area contributed by atoms with E-state index in [0.29, 0.717) is 12.5 Å². The molecule has 0 aromatic heterocycles. The Bertz CT molecular complexity index is 60.3. The SMILES string of the molecule is CC[C@@H](CO)CCCOC. The van der Waals surface area contributed by atoms with Gasteiger partial charge < -0.3 is 9.84 Å². The highest BCUT2D eigenvalue weighted by molar-refractivity contribution is 4.54. The van der Waals surface area contributed by atoms with E-state index in [2.05, 4.69) is 6.92 Å². The highest BCUT2D eigenvalue weighted by atomic mass is 16.5. The normalized spacial score (nSPS) is 13.5. The molecule has 0 saturated heterocycles. The van der Waals surface area contributed by atoms with Gasteiger partial charge in [0.05, 0.1) is 0 Å². The van der Waals surface area contributed by atoms with E-state index in [0.717, 1.165) is 25.9 Å². The fourth-order valence-corrected chi connectivity index (χ4v) is 0.941. The van der Waals surface area contributed by atoms with Crippen LogP contribution in [0.25, 0.3) is 0 Å². The van der Waals surface area contributed by atoms with Gasteiger partial charge in [-0.1, -0.05) is 13.3 Å². The topological polar surface area (TPSA) is 29.5 Å². The average molecular weight is 146 g/mol. The number of ether oxygens (including phenoxy) is 1. The minimum absolute atomic E-state index is 0.320. The molecule has 0 fully saturated rings. The van der Waals surface area contributed by atoms with Crippen LogP contribution in [0, 0.1) is 5.92 Å². The molecule has 0 aromatic carbocycles. The third-order valence-corrected chi connectivity index (χ3v) is 1.80. The van der Waals surface area contributed by atoms with Gasteiger partial charge in [-0.25, -0.2) is 0 Å². The molecule has 0 rings (SSSR count). The van der Waals surface area contributed by atoms with Crippen LogP contribution in [0.3, 0.4) is 0 Å². The van der Waals surface area contributed by atoms with Crippen LogP contribution in [0.1, 0.15) is 26.2 Å². The summed E-state index contributed by atoms with van der Waals surface area (Å²) in [6.07, 6.45) is 3.22. The van der Waals surface area contributed by atoms with Gasteiger partial charge in [-0.2, -0.15) is 0 Å². The number of rotatable bonds is 6. The van der Waals surface area contributed by atoms with Gasteiger partial charge in [0.1, 0.15) is 0 Å². The van der Waals surface area contributed by atoms with Gasteiger partial charge in [-0.15, -0.1) is 0 Å². The van der Waals surface area contributed by atoms with E-state index in [1.54, 1.807) is 7.11 Å². The van der Waals surface area contributed by atoms with Crippen LogP contribution in [-0.4, -0.2) is 25.4 Å². The van der Waals surface area contributed by atoms with Crippen LogP contribution >= 0.6 is 0 Å². The monoisotopic (exact) mass is 146 g/mol. The molecule has 0 aromatic rings. The molecule has 0 bridgehead atoms. The highest BCUT2D eigenvalue weighted by Gasteiger charge is 2.02. The summed E-state index contributed by atoms with van der Waals surface area (Å²) in [5.74, 6) is 0.482. The molecule has 0 aliphatic heterocycles. The lowest BCUT2D eigenvalue weighted by Gasteiger charge is -2.09. The van der Waals surface area contributed by atoms with Crippen molar-refractivity contribution in [2.75, 3.05) is 20.3 Å². The number of hydrogen-bond donors (Lipinski definition) is 1. The van der Waals surface area contributed by atoms with Crippen LogP contribution in [-0.2, 0) is 4.74 Å². The molecule has 0 heterocycles. The Morgan fingerprint density at radius 1 is 1.50 bits per heavy atom. The third-order valence-electron chi connectivity index (χ3n) is 1.80. The van der Waals surface area contributed by atoms with Crippen molar-refractivity contribution in [2.24, 2.45) is 5.92 Å². The minimum atomic E-state index is 0.320. The molecule has 62 valence electrons. The summed E-state index contributed by atoms with van der Waals surface area (Å²) in [4.78, 5) is 0. The van der Waals surface area contributed by atoms with Crippen molar-refractivity contribution in [1.82, 2.24) is 0 Å². The van der Waals surface area contributed by atoms with Crippen molar-refractivity contribution >= 4 is 0 Å². The number of hydrogen-bond acceptors (Lipinski definition) is 2. The third kappa shape index (κ3) is 4.77. The first-order valence-electron chi connectivity index (χ1n) is 3.95. The zero-order valence-corrected chi connectivity index (χ0v) is 6.97. The molecular weight excluding hydrogens is 128 g/mol. The summed E-state index contributed by atoms with van der Waals surface area (Å²) in [6.45, 7) is 3.24. The zero-order chi connectivity index (χ0) is 7.82. The van der Waals surface area contributed by atoms with Gasteiger partial charge in [-0.05, 0) is 18.8 Å². The van der Waals surface area contributed by atoms with Crippen LogP contribution in [0.5, 0.6) is 0 Å². The van der Waals surface area contributed by atoms with E-state index < -0.39 is 0 Å². The second-order valence-corrected chi connectivity index (χ2v) is 2.59. The maximum absolute atomic E-state index is 8.78. The van der Waals surface area contributed by atoms with E-state index in [1.165, 1.54) is 0 Å². The number of methoxy groups -OCH3 is 1. The summed E-state index contributed by atoms with van der Waals surface area (Å²) in [5.41, 5.74) is 0. The molecule has 0 aliphatic carbocycles. The van der Waals surface area contributed by atoms with Gasteiger partial charge >= 0.3 is 0 Å². The van der Waals surface area contributed by atoms with E-state index >= 15 is 0 Å². The lowest BCUT2D eigenvalue weighted by Crippen LogP contribution is -2.05. The minimum Gasteiger partial charge on any atom is -0.396 e. The van der Waals surface area contributed by atoms with E-state index in [1.807, 2.05) is 0 Å². The predicted octanol–water partition coefficient (Wildman–Crippen LogP) is 1.43. The molecule has 1 N–H and O–H groups in total. The first kappa shape index (κ1) is 9.92. The second kappa shape index (κ2) is 7.03. The largest absolute Gasteiger partial charge is 0.396 e. The first-order valence-corrected chi connectivity index (χ1v) is 3.95. The fraction of sp³-hybridized carbons (Fsp3) is 1.00. The lowest BCUT2D eigenvalue weighted by molar-refractivity contribution is 0.168. The Labute approximate surface area is 63.2 Å². The van der Waals surface area contributed by atoms with Crippen molar-refractivity contribution < 1.29 is 9.84 Å². The smallest absolute Gasteiger partial charge is 0.0462 e. The second-order valence-electron chi connectivity index (χ2n) is 2.59.